The van der Waals surface area contributed by atoms with Gasteiger partial charge in [0, 0.05) is 12.6 Å². The van der Waals surface area contributed by atoms with Crippen LogP contribution in [0.4, 0.5) is 0 Å². The van der Waals surface area contributed by atoms with Gasteiger partial charge in [-0.1, -0.05) is 12.8 Å². The van der Waals surface area contributed by atoms with Gasteiger partial charge in [-0.05, 0) is 19.3 Å². The first-order chi connectivity index (χ1) is 5.66. The van der Waals surface area contributed by atoms with E-state index in [0.29, 0.717) is 12.0 Å². The third kappa shape index (κ3) is 1.61. The molecule has 0 aliphatic carbocycles. The van der Waals surface area contributed by atoms with Gasteiger partial charge >= 0.3 is 0 Å². The summed E-state index contributed by atoms with van der Waals surface area (Å²) in [6.07, 6.45) is 6.44. The SMILES string of the molecule is C#CCC(=O)N1CCC(C)C1C. The van der Waals surface area contributed by atoms with Gasteiger partial charge in [0.15, 0.2) is 0 Å². The Kier molecular flexibility index (Phi) is 2.75. The summed E-state index contributed by atoms with van der Waals surface area (Å²) in [4.78, 5) is 13.3. The van der Waals surface area contributed by atoms with E-state index in [1.165, 1.54) is 0 Å². The summed E-state index contributed by atoms with van der Waals surface area (Å²) in [6, 6.07) is 0.367. The normalized spacial score (nSPS) is 28.6. The van der Waals surface area contributed by atoms with E-state index in [1.807, 2.05) is 4.90 Å². The molecule has 1 fully saturated rings. The van der Waals surface area contributed by atoms with Crippen LogP contribution in [-0.2, 0) is 4.79 Å². The maximum Gasteiger partial charge on any atom is 0.234 e. The van der Waals surface area contributed by atoms with Gasteiger partial charge < -0.3 is 4.90 Å². The monoisotopic (exact) mass is 165 g/mol. The van der Waals surface area contributed by atoms with Gasteiger partial charge in [-0.3, -0.25) is 4.79 Å². The summed E-state index contributed by atoms with van der Waals surface area (Å²) >= 11 is 0. The number of likely N-dealkylation sites (tertiary alicyclic amines) is 1. The lowest BCUT2D eigenvalue weighted by atomic mass is 10.1. The van der Waals surface area contributed by atoms with E-state index < -0.39 is 0 Å². The van der Waals surface area contributed by atoms with Gasteiger partial charge in [0.25, 0.3) is 0 Å². The van der Waals surface area contributed by atoms with Gasteiger partial charge in [-0.25, -0.2) is 0 Å². The number of hydrogen-bond donors (Lipinski definition) is 0. The van der Waals surface area contributed by atoms with Crippen molar-refractivity contribution in [1.29, 1.82) is 0 Å². The second-order valence-corrected chi connectivity index (χ2v) is 3.47. The fourth-order valence-corrected chi connectivity index (χ4v) is 1.64. The molecule has 0 aromatic heterocycles. The molecule has 1 rings (SSSR count). The molecule has 2 unspecified atom stereocenters. The molecule has 0 N–H and O–H groups in total. The molecule has 1 heterocycles. The van der Waals surface area contributed by atoms with E-state index in [4.69, 9.17) is 6.42 Å². The maximum absolute atomic E-state index is 11.4. The molecule has 0 spiro atoms. The number of hydrogen-bond acceptors (Lipinski definition) is 1. The van der Waals surface area contributed by atoms with Crippen molar-refractivity contribution < 1.29 is 4.79 Å². The second-order valence-electron chi connectivity index (χ2n) is 3.47. The zero-order valence-corrected chi connectivity index (χ0v) is 7.71. The van der Waals surface area contributed by atoms with E-state index in [0.717, 1.165) is 13.0 Å². The van der Waals surface area contributed by atoms with E-state index >= 15 is 0 Å². The van der Waals surface area contributed by atoms with Crippen LogP contribution in [-0.4, -0.2) is 23.4 Å². The number of rotatable bonds is 1. The fourth-order valence-electron chi connectivity index (χ4n) is 1.64. The summed E-state index contributed by atoms with van der Waals surface area (Å²) in [5.41, 5.74) is 0. The number of nitrogens with zero attached hydrogens (tertiary/aromatic N) is 1. The molecule has 1 amide bonds. The molecule has 2 heteroatoms. The van der Waals surface area contributed by atoms with Crippen molar-refractivity contribution in [1.82, 2.24) is 4.90 Å². The minimum Gasteiger partial charge on any atom is -0.339 e. The highest BCUT2D eigenvalue weighted by Crippen LogP contribution is 2.23. The van der Waals surface area contributed by atoms with Crippen molar-refractivity contribution in [2.45, 2.75) is 32.7 Å². The molecule has 1 aliphatic rings. The van der Waals surface area contributed by atoms with Crippen LogP contribution in [0.3, 0.4) is 0 Å². The number of terminal acetylenes is 1. The lowest BCUT2D eigenvalue weighted by Gasteiger charge is -2.22. The van der Waals surface area contributed by atoms with Crippen molar-refractivity contribution in [3.05, 3.63) is 0 Å². The van der Waals surface area contributed by atoms with Crippen LogP contribution in [0.15, 0.2) is 0 Å². The topological polar surface area (TPSA) is 20.3 Å². The second kappa shape index (κ2) is 3.62. The standard InChI is InChI=1S/C10H15NO/c1-4-5-10(12)11-7-6-8(2)9(11)3/h1,8-9H,5-7H2,2-3H3. The average Bonchev–Trinajstić information content (AvgIpc) is 2.34. The molecule has 1 saturated heterocycles. The zero-order valence-electron chi connectivity index (χ0n) is 7.71. The Labute approximate surface area is 73.9 Å². The molecule has 2 atom stereocenters. The summed E-state index contributed by atoms with van der Waals surface area (Å²) < 4.78 is 0. The molecule has 0 aromatic rings. The van der Waals surface area contributed by atoms with Crippen LogP contribution in [0.1, 0.15) is 26.7 Å². The molecule has 0 aromatic carbocycles. The van der Waals surface area contributed by atoms with E-state index in [9.17, 15) is 4.79 Å². The van der Waals surface area contributed by atoms with Crippen molar-refractivity contribution in [2.75, 3.05) is 6.54 Å². The van der Waals surface area contributed by atoms with Gasteiger partial charge in [-0.15, -0.1) is 6.42 Å². The molecule has 0 bridgehead atoms. The van der Waals surface area contributed by atoms with Crippen molar-refractivity contribution in [3.63, 3.8) is 0 Å². The molecule has 66 valence electrons. The number of carbonyl (C=O) groups excluding carboxylic acids is 1. The van der Waals surface area contributed by atoms with Crippen molar-refractivity contribution >= 4 is 5.91 Å². The Morgan fingerprint density at radius 3 is 2.75 bits per heavy atom. The first-order valence-electron chi connectivity index (χ1n) is 4.39. The van der Waals surface area contributed by atoms with E-state index in [-0.39, 0.29) is 12.3 Å². The Morgan fingerprint density at radius 1 is 1.67 bits per heavy atom. The van der Waals surface area contributed by atoms with Gasteiger partial charge in [0.1, 0.15) is 0 Å². The first-order valence-corrected chi connectivity index (χ1v) is 4.39. The third-order valence-corrected chi connectivity index (χ3v) is 2.71. The number of carbonyl (C=O) groups is 1. The molecule has 1 aliphatic heterocycles. The minimum atomic E-state index is 0.106. The van der Waals surface area contributed by atoms with Crippen LogP contribution in [0, 0.1) is 18.3 Å². The summed E-state index contributed by atoms with van der Waals surface area (Å²) in [7, 11) is 0. The highest BCUT2D eigenvalue weighted by Gasteiger charge is 2.29. The predicted molar refractivity (Wildman–Crippen MR) is 48.4 cm³/mol. The predicted octanol–water partition coefficient (Wildman–Crippen LogP) is 1.27. The molecule has 2 nitrogen and oxygen atoms in total. The average molecular weight is 165 g/mol. The lowest BCUT2D eigenvalue weighted by Crippen LogP contribution is -2.34. The Morgan fingerprint density at radius 2 is 2.33 bits per heavy atom. The van der Waals surface area contributed by atoms with Crippen LogP contribution in [0.25, 0.3) is 0 Å². The number of amides is 1. The Hall–Kier alpha value is -0.970. The quantitative estimate of drug-likeness (QED) is 0.536. The van der Waals surface area contributed by atoms with E-state index in [2.05, 4.69) is 19.8 Å². The largest absolute Gasteiger partial charge is 0.339 e. The Balaban J connectivity index is 2.54. The van der Waals surface area contributed by atoms with Crippen molar-refractivity contribution in [2.24, 2.45) is 5.92 Å². The van der Waals surface area contributed by atoms with Crippen LogP contribution >= 0.6 is 0 Å². The van der Waals surface area contributed by atoms with Gasteiger partial charge in [-0.2, -0.15) is 0 Å². The lowest BCUT2D eigenvalue weighted by molar-refractivity contribution is -0.130. The Bertz CT molecular complexity index is 216. The zero-order chi connectivity index (χ0) is 9.14. The summed E-state index contributed by atoms with van der Waals surface area (Å²) in [5.74, 6) is 3.11. The van der Waals surface area contributed by atoms with Gasteiger partial charge in [0.2, 0.25) is 5.91 Å². The molecule has 0 saturated carbocycles. The van der Waals surface area contributed by atoms with Crippen LogP contribution < -0.4 is 0 Å². The summed E-state index contributed by atoms with van der Waals surface area (Å²) in [6.45, 7) is 5.14. The first kappa shape index (κ1) is 9.12. The van der Waals surface area contributed by atoms with Gasteiger partial charge in [0.05, 0.1) is 6.42 Å². The molecule has 12 heavy (non-hydrogen) atoms. The maximum atomic E-state index is 11.4. The summed E-state index contributed by atoms with van der Waals surface area (Å²) in [5, 5.41) is 0. The smallest absolute Gasteiger partial charge is 0.234 e. The molecular weight excluding hydrogens is 150 g/mol. The fraction of sp³-hybridized carbons (Fsp3) is 0.700. The highest BCUT2D eigenvalue weighted by molar-refractivity contribution is 5.79. The third-order valence-electron chi connectivity index (χ3n) is 2.71. The molecule has 0 radical (unpaired) electrons. The van der Waals surface area contributed by atoms with Crippen LogP contribution in [0.2, 0.25) is 0 Å². The molecular formula is C10H15NO. The van der Waals surface area contributed by atoms with E-state index in [1.54, 1.807) is 0 Å². The minimum absolute atomic E-state index is 0.106. The highest BCUT2D eigenvalue weighted by atomic mass is 16.2. The van der Waals surface area contributed by atoms with Crippen LogP contribution in [0.5, 0.6) is 0 Å². The van der Waals surface area contributed by atoms with Crippen molar-refractivity contribution in [3.8, 4) is 12.3 Å².